The fourth-order valence-corrected chi connectivity index (χ4v) is 1.66. The fraction of sp³-hybridized carbons (Fsp3) is 0.538. The average Bonchev–Trinajstić information content (AvgIpc) is 3.18. The maximum Gasteiger partial charge on any atom is 0.272 e. The van der Waals surface area contributed by atoms with E-state index in [4.69, 9.17) is 9.47 Å². The minimum absolute atomic E-state index is 0.490. The van der Waals surface area contributed by atoms with E-state index in [1.165, 1.54) is 12.8 Å². The normalized spacial score (nSPS) is 14.9. The SMILES string of the molecule is COc1ccc(OCC(F)F)c(CNC2CC2)c1. The number of hydrogen-bond acceptors (Lipinski definition) is 3. The Morgan fingerprint density at radius 1 is 1.39 bits per heavy atom. The minimum Gasteiger partial charge on any atom is -0.497 e. The highest BCUT2D eigenvalue weighted by molar-refractivity contribution is 5.40. The number of halogens is 2. The van der Waals surface area contributed by atoms with Crippen LogP contribution in [0.4, 0.5) is 8.78 Å². The van der Waals surface area contributed by atoms with Gasteiger partial charge in [-0.15, -0.1) is 0 Å². The lowest BCUT2D eigenvalue weighted by atomic mass is 10.2. The molecule has 0 heterocycles. The summed E-state index contributed by atoms with van der Waals surface area (Å²) in [5.74, 6) is 1.19. The largest absolute Gasteiger partial charge is 0.497 e. The fourth-order valence-electron chi connectivity index (χ4n) is 1.66. The van der Waals surface area contributed by atoms with Crippen LogP contribution in [0.3, 0.4) is 0 Å². The highest BCUT2D eigenvalue weighted by atomic mass is 19.3. The highest BCUT2D eigenvalue weighted by Gasteiger charge is 2.21. The number of alkyl halides is 2. The number of benzene rings is 1. The van der Waals surface area contributed by atoms with E-state index in [9.17, 15) is 8.78 Å². The van der Waals surface area contributed by atoms with Gasteiger partial charge in [-0.3, -0.25) is 0 Å². The number of ether oxygens (including phenoxy) is 2. The van der Waals surface area contributed by atoms with E-state index in [0.717, 1.165) is 5.56 Å². The van der Waals surface area contributed by atoms with Gasteiger partial charge in [-0.2, -0.15) is 0 Å². The van der Waals surface area contributed by atoms with Crippen molar-refractivity contribution in [3.63, 3.8) is 0 Å². The summed E-state index contributed by atoms with van der Waals surface area (Å²) in [5.41, 5.74) is 0.849. The van der Waals surface area contributed by atoms with Crippen molar-refractivity contribution >= 4 is 0 Å². The molecule has 1 aliphatic rings. The first kappa shape index (κ1) is 13.1. The summed E-state index contributed by atoms with van der Waals surface area (Å²) in [4.78, 5) is 0. The average molecular weight is 257 g/mol. The Morgan fingerprint density at radius 2 is 2.17 bits per heavy atom. The van der Waals surface area contributed by atoms with Crippen molar-refractivity contribution in [3.05, 3.63) is 23.8 Å². The number of hydrogen-bond donors (Lipinski definition) is 1. The first-order chi connectivity index (χ1) is 8.69. The lowest BCUT2D eigenvalue weighted by molar-refractivity contribution is 0.0813. The van der Waals surface area contributed by atoms with Gasteiger partial charge in [0, 0.05) is 18.2 Å². The van der Waals surface area contributed by atoms with Crippen LogP contribution in [0.2, 0.25) is 0 Å². The molecule has 1 N–H and O–H groups in total. The van der Waals surface area contributed by atoms with Crippen LogP contribution in [-0.2, 0) is 6.54 Å². The lowest BCUT2D eigenvalue weighted by Gasteiger charge is -2.13. The van der Waals surface area contributed by atoms with Crippen molar-refractivity contribution < 1.29 is 18.3 Å². The maximum atomic E-state index is 12.2. The molecule has 0 saturated heterocycles. The van der Waals surface area contributed by atoms with Gasteiger partial charge in [0.25, 0.3) is 6.43 Å². The third-order valence-corrected chi connectivity index (χ3v) is 2.79. The van der Waals surface area contributed by atoms with Gasteiger partial charge < -0.3 is 14.8 Å². The topological polar surface area (TPSA) is 30.5 Å². The Labute approximate surface area is 105 Å². The van der Waals surface area contributed by atoms with E-state index in [1.54, 1.807) is 19.2 Å². The van der Waals surface area contributed by atoms with Gasteiger partial charge in [-0.25, -0.2) is 8.78 Å². The molecule has 2 rings (SSSR count). The molecule has 0 aliphatic heterocycles. The van der Waals surface area contributed by atoms with Crippen LogP contribution in [0.5, 0.6) is 11.5 Å². The molecule has 1 aliphatic carbocycles. The Bertz CT molecular complexity index is 395. The molecule has 0 atom stereocenters. The lowest BCUT2D eigenvalue weighted by Crippen LogP contribution is -2.17. The van der Waals surface area contributed by atoms with Gasteiger partial charge in [0.2, 0.25) is 0 Å². The summed E-state index contributed by atoms with van der Waals surface area (Å²) in [6.07, 6.45) is -0.106. The maximum absolute atomic E-state index is 12.2. The Balaban J connectivity index is 2.03. The highest BCUT2D eigenvalue weighted by Crippen LogP contribution is 2.26. The summed E-state index contributed by atoms with van der Waals surface area (Å²) >= 11 is 0. The molecule has 5 heteroatoms. The molecule has 1 aromatic carbocycles. The first-order valence-corrected chi connectivity index (χ1v) is 6.00. The smallest absolute Gasteiger partial charge is 0.272 e. The Kier molecular flexibility index (Phi) is 4.36. The molecule has 0 unspecified atom stereocenters. The predicted octanol–water partition coefficient (Wildman–Crippen LogP) is 2.59. The number of methoxy groups -OCH3 is 1. The monoisotopic (exact) mass is 257 g/mol. The van der Waals surface area contributed by atoms with Crippen LogP contribution in [0.25, 0.3) is 0 Å². The second-order valence-corrected chi connectivity index (χ2v) is 4.33. The van der Waals surface area contributed by atoms with Crippen LogP contribution >= 0.6 is 0 Å². The Hall–Kier alpha value is -1.36. The second-order valence-electron chi connectivity index (χ2n) is 4.33. The molecular weight excluding hydrogens is 240 g/mol. The van der Waals surface area contributed by atoms with Crippen LogP contribution in [0.1, 0.15) is 18.4 Å². The summed E-state index contributed by atoms with van der Waals surface area (Å²) in [6.45, 7) is 0.0309. The van der Waals surface area contributed by atoms with Crippen molar-refractivity contribution in [3.8, 4) is 11.5 Å². The Morgan fingerprint density at radius 3 is 2.78 bits per heavy atom. The van der Waals surface area contributed by atoms with E-state index >= 15 is 0 Å². The molecule has 18 heavy (non-hydrogen) atoms. The van der Waals surface area contributed by atoms with Crippen LogP contribution in [-0.4, -0.2) is 26.2 Å². The molecule has 0 radical (unpaired) electrons. The third kappa shape index (κ3) is 3.84. The second kappa shape index (κ2) is 6.00. The minimum atomic E-state index is -2.46. The van der Waals surface area contributed by atoms with Gasteiger partial charge >= 0.3 is 0 Å². The predicted molar refractivity (Wildman–Crippen MR) is 64.4 cm³/mol. The first-order valence-electron chi connectivity index (χ1n) is 6.00. The van der Waals surface area contributed by atoms with E-state index in [0.29, 0.717) is 24.1 Å². The van der Waals surface area contributed by atoms with E-state index < -0.39 is 13.0 Å². The zero-order valence-corrected chi connectivity index (χ0v) is 10.3. The number of rotatable bonds is 7. The molecule has 1 fully saturated rings. The van der Waals surface area contributed by atoms with Crippen molar-refractivity contribution in [2.45, 2.75) is 31.9 Å². The summed E-state index contributed by atoms with van der Waals surface area (Å²) in [6, 6.07) is 5.75. The standard InChI is InChI=1S/C13H17F2NO2/c1-17-11-4-5-12(18-8-13(14)15)9(6-11)7-16-10-2-3-10/h4-6,10,13,16H,2-3,7-8H2,1H3. The summed E-state index contributed by atoms with van der Waals surface area (Å²) < 4.78 is 34.5. The van der Waals surface area contributed by atoms with Crippen molar-refractivity contribution in [1.29, 1.82) is 0 Å². The molecule has 1 aromatic rings. The zero-order chi connectivity index (χ0) is 13.0. The molecule has 0 amide bonds. The van der Waals surface area contributed by atoms with Crippen LogP contribution in [0, 0.1) is 0 Å². The van der Waals surface area contributed by atoms with Gasteiger partial charge in [-0.05, 0) is 31.0 Å². The van der Waals surface area contributed by atoms with Crippen LogP contribution in [0.15, 0.2) is 18.2 Å². The van der Waals surface area contributed by atoms with Crippen LogP contribution < -0.4 is 14.8 Å². The van der Waals surface area contributed by atoms with E-state index in [-0.39, 0.29) is 0 Å². The van der Waals surface area contributed by atoms with Crippen molar-refractivity contribution in [2.24, 2.45) is 0 Å². The van der Waals surface area contributed by atoms with Crippen molar-refractivity contribution in [1.82, 2.24) is 5.32 Å². The zero-order valence-electron chi connectivity index (χ0n) is 10.3. The molecule has 3 nitrogen and oxygen atoms in total. The van der Waals surface area contributed by atoms with Gasteiger partial charge in [0.1, 0.15) is 18.1 Å². The molecule has 0 aromatic heterocycles. The quantitative estimate of drug-likeness (QED) is 0.814. The van der Waals surface area contributed by atoms with E-state index in [1.807, 2.05) is 6.07 Å². The van der Waals surface area contributed by atoms with Gasteiger partial charge in [0.15, 0.2) is 0 Å². The molecule has 0 spiro atoms. The van der Waals surface area contributed by atoms with Gasteiger partial charge in [-0.1, -0.05) is 0 Å². The molecule has 0 bridgehead atoms. The van der Waals surface area contributed by atoms with Crippen molar-refractivity contribution in [2.75, 3.05) is 13.7 Å². The van der Waals surface area contributed by atoms with Gasteiger partial charge in [0.05, 0.1) is 7.11 Å². The summed E-state index contributed by atoms with van der Waals surface area (Å²) in [7, 11) is 1.58. The third-order valence-electron chi connectivity index (χ3n) is 2.79. The molecular formula is C13H17F2NO2. The molecule has 100 valence electrons. The molecule has 1 saturated carbocycles. The number of nitrogens with one attached hydrogen (secondary N) is 1. The summed E-state index contributed by atoms with van der Waals surface area (Å²) in [5, 5.41) is 3.33. The van der Waals surface area contributed by atoms with E-state index in [2.05, 4.69) is 5.32 Å².